The van der Waals surface area contributed by atoms with Gasteiger partial charge >= 0.3 is 5.97 Å². The number of likely N-dealkylation sites (N-methyl/N-ethyl adjacent to an activating group) is 1. The topological polar surface area (TPSA) is 94.5 Å². The minimum absolute atomic E-state index is 0.00689. The van der Waals surface area contributed by atoms with Crippen molar-refractivity contribution >= 4 is 23.6 Å². The van der Waals surface area contributed by atoms with Crippen LogP contribution in [0, 0.1) is 0 Å². The maximum absolute atomic E-state index is 11.7. The number of pyridine rings is 1. The molecular weight excluding hydrogens is 344 g/mol. The lowest BCUT2D eigenvalue weighted by molar-refractivity contribution is -0.151. The van der Waals surface area contributed by atoms with Crippen LogP contribution in [-0.2, 0) is 19.1 Å². The van der Waals surface area contributed by atoms with Crippen molar-refractivity contribution < 1.29 is 19.1 Å². The van der Waals surface area contributed by atoms with E-state index >= 15 is 0 Å². The Morgan fingerprint density at radius 3 is 2.72 bits per heavy atom. The van der Waals surface area contributed by atoms with Gasteiger partial charge in [-0.3, -0.25) is 14.6 Å². The molecule has 1 amide bonds. The fourth-order valence-electron chi connectivity index (χ4n) is 1.75. The first kappa shape index (κ1) is 18.8. The molecule has 0 saturated carbocycles. The Kier molecular flexibility index (Phi) is 7.30. The molecule has 132 valence electrons. The summed E-state index contributed by atoms with van der Waals surface area (Å²) < 4.78 is 9.76. The van der Waals surface area contributed by atoms with Crippen molar-refractivity contribution in [2.75, 3.05) is 33.2 Å². The smallest absolute Gasteiger partial charge is 0.316 e. The third-order valence-corrected chi connectivity index (χ3v) is 3.82. The highest BCUT2D eigenvalue weighted by Gasteiger charge is 2.13. The summed E-state index contributed by atoms with van der Waals surface area (Å²) in [5.74, 6) is -0.850. The standard InChI is InChI=1S/C16H18N4O4S/c1-20(11-23-2)14(21)9-24-15(22)10-25-16-18-8-6-13(19-16)12-5-3-4-7-17-12/h3-8H,9-11H2,1-2H3. The molecule has 2 aromatic rings. The normalized spacial score (nSPS) is 10.3. The second kappa shape index (κ2) is 9.70. The molecule has 2 rings (SSSR count). The average molecular weight is 362 g/mol. The molecule has 0 aliphatic heterocycles. The second-order valence-electron chi connectivity index (χ2n) is 4.90. The van der Waals surface area contributed by atoms with Crippen LogP contribution in [0.1, 0.15) is 0 Å². The van der Waals surface area contributed by atoms with E-state index in [2.05, 4.69) is 15.0 Å². The number of methoxy groups -OCH3 is 1. The van der Waals surface area contributed by atoms with Gasteiger partial charge in [0.15, 0.2) is 11.8 Å². The van der Waals surface area contributed by atoms with Crippen LogP contribution in [0.15, 0.2) is 41.8 Å². The molecule has 0 radical (unpaired) electrons. The predicted octanol–water partition coefficient (Wildman–Crippen LogP) is 1.24. The van der Waals surface area contributed by atoms with Crippen molar-refractivity contribution in [1.82, 2.24) is 19.9 Å². The SMILES string of the molecule is COCN(C)C(=O)COC(=O)CSc1nccc(-c2ccccn2)n1. The van der Waals surface area contributed by atoms with Crippen LogP contribution in [0.25, 0.3) is 11.4 Å². The molecule has 0 N–H and O–H groups in total. The monoisotopic (exact) mass is 362 g/mol. The van der Waals surface area contributed by atoms with Gasteiger partial charge < -0.3 is 14.4 Å². The highest BCUT2D eigenvalue weighted by molar-refractivity contribution is 7.99. The molecule has 0 fully saturated rings. The molecule has 0 aromatic carbocycles. The molecule has 9 heteroatoms. The first-order chi connectivity index (χ1) is 12.1. The fraction of sp³-hybridized carbons (Fsp3) is 0.312. The van der Waals surface area contributed by atoms with Crippen LogP contribution in [-0.4, -0.2) is 65.0 Å². The lowest BCUT2D eigenvalue weighted by Gasteiger charge is -2.15. The molecule has 0 spiro atoms. The Morgan fingerprint density at radius 1 is 1.16 bits per heavy atom. The number of thioether (sulfide) groups is 1. The number of carbonyl (C=O) groups excluding carboxylic acids is 2. The van der Waals surface area contributed by atoms with E-state index < -0.39 is 5.97 Å². The van der Waals surface area contributed by atoms with E-state index in [1.165, 1.54) is 12.0 Å². The molecule has 2 aromatic heterocycles. The summed E-state index contributed by atoms with van der Waals surface area (Å²) >= 11 is 1.13. The summed E-state index contributed by atoms with van der Waals surface area (Å²) in [5, 5.41) is 0.433. The van der Waals surface area contributed by atoms with Crippen molar-refractivity contribution in [2.45, 2.75) is 5.16 Å². The molecule has 0 atom stereocenters. The minimum atomic E-state index is -0.518. The van der Waals surface area contributed by atoms with Crippen LogP contribution in [0.4, 0.5) is 0 Å². The van der Waals surface area contributed by atoms with Gasteiger partial charge in [-0.2, -0.15) is 0 Å². The van der Waals surface area contributed by atoms with Crippen molar-refractivity contribution in [2.24, 2.45) is 0 Å². The van der Waals surface area contributed by atoms with Gasteiger partial charge in [-0.1, -0.05) is 17.8 Å². The maximum Gasteiger partial charge on any atom is 0.316 e. The van der Waals surface area contributed by atoms with Gasteiger partial charge in [-0.05, 0) is 18.2 Å². The zero-order valence-corrected chi connectivity index (χ0v) is 14.7. The lowest BCUT2D eigenvalue weighted by Crippen LogP contribution is -2.32. The number of nitrogens with zero attached hydrogens (tertiary/aromatic N) is 4. The second-order valence-corrected chi connectivity index (χ2v) is 5.84. The molecule has 0 bridgehead atoms. The number of ether oxygens (including phenoxy) is 2. The summed E-state index contributed by atoms with van der Waals surface area (Å²) in [6.45, 7) is -0.187. The Morgan fingerprint density at radius 2 is 2.00 bits per heavy atom. The predicted molar refractivity (Wildman–Crippen MR) is 91.6 cm³/mol. The van der Waals surface area contributed by atoms with Crippen LogP contribution < -0.4 is 0 Å². The number of aromatic nitrogens is 3. The van der Waals surface area contributed by atoms with Crippen LogP contribution in [0.2, 0.25) is 0 Å². The summed E-state index contributed by atoms with van der Waals surface area (Å²) in [6, 6.07) is 7.27. The van der Waals surface area contributed by atoms with Crippen molar-refractivity contribution in [3.05, 3.63) is 36.7 Å². The van der Waals surface area contributed by atoms with E-state index in [-0.39, 0.29) is 25.0 Å². The van der Waals surface area contributed by atoms with Crippen molar-refractivity contribution in [3.63, 3.8) is 0 Å². The lowest BCUT2D eigenvalue weighted by atomic mass is 10.3. The fourth-order valence-corrected chi connectivity index (χ4v) is 2.38. The van der Waals surface area contributed by atoms with Crippen LogP contribution >= 0.6 is 11.8 Å². The zero-order chi connectivity index (χ0) is 18.1. The Bertz CT molecular complexity index is 714. The Hall–Kier alpha value is -2.52. The Balaban J connectivity index is 1.83. The van der Waals surface area contributed by atoms with Gasteiger partial charge in [-0.25, -0.2) is 9.97 Å². The third kappa shape index (κ3) is 6.12. The van der Waals surface area contributed by atoms with E-state index in [9.17, 15) is 9.59 Å². The van der Waals surface area contributed by atoms with E-state index in [1.54, 1.807) is 25.5 Å². The van der Waals surface area contributed by atoms with E-state index in [0.717, 1.165) is 17.5 Å². The molecule has 0 aliphatic rings. The number of rotatable bonds is 8. The van der Waals surface area contributed by atoms with Crippen LogP contribution in [0.3, 0.4) is 0 Å². The van der Waals surface area contributed by atoms with Crippen LogP contribution in [0.5, 0.6) is 0 Å². The van der Waals surface area contributed by atoms with Gasteiger partial charge in [0.2, 0.25) is 0 Å². The van der Waals surface area contributed by atoms with E-state index in [4.69, 9.17) is 9.47 Å². The van der Waals surface area contributed by atoms with Gasteiger partial charge in [0.1, 0.15) is 6.73 Å². The van der Waals surface area contributed by atoms with E-state index in [1.807, 2.05) is 18.2 Å². The number of carbonyl (C=O) groups is 2. The van der Waals surface area contributed by atoms with Gasteiger partial charge in [-0.15, -0.1) is 0 Å². The first-order valence-corrected chi connectivity index (χ1v) is 8.34. The molecule has 0 unspecified atom stereocenters. The number of hydrogen-bond donors (Lipinski definition) is 0. The molecule has 25 heavy (non-hydrogen) atoms. The summed E-state index contributed by atoms with van der Waals surface area (Å²) in [5.41, 5.74) is 1.39. The van der Waals surface area contributed by atoms with E-state index in [0.29, 0.717) is 10.9 Å². The Labute approximate surface area is 149 Å². The molecule has 2 heterocycles. The number of hydrogen-bond acceptors (Lipinski definition) is 8. The first-order valence-electron chi connectivity index (χ1n) is 7.36. The summed E-state index contributed by atoms with van der Waals surface area (Å²) in [6.07, 6.45) is 3.28. The average Bonchev–Trinajstić information content (AvgIpc) is 2.65. The number of esters is 1. The number of amides is 1. The largest absolute Gasteiger partial charge is 0.455 e. The van der Waals surface area contributed by atoms with Crippen molar-refractivity contribution in [1.29, 1.82) is 0 Å². The highest BCUT2D eigenvalue weighted by Crippen LogP contribution is 2.18. The summed E-state index contributed by atoms with van der Waals surface area (Å²) in [4.78, 5) is 37.4. The zero-order valence-electron chi connectivity index (χ0n) is 13.9. The molecular formula is C16H18N4O4S. The van der Waals surface area contributed by atoms with Gasteiger partial charge in [0.25, 0.3) is 5.91 Å². The molecule has 0 aliphatic carbocycles. The quantitative estimate of drug-likeness (QED) is 0.300. The van der Waals surface area contributed by atoms with Gasteiger partial charge in [0.05, 0.1) is 17.1 Å². The molecule has 0 saturated heterocycles. The maximum atomic E-state index is 11.7. The van der Waals surface area contributed by atoms with Crippen molar-refractivity contribution in [3.8, 4) is 11.4 Å². The highest BCUT2D eigenvalue weighted by atomic mass is 32.2. The third-order valence-electron chi connectivity index (χ3n) is 2.99. The summed E-state index contributed by atoms with van der Waals surface area (Å²) in [7, 11) is 3.04. The minimum Gasteiger partial charge on any atom is -0.455 e. The van der Waals surface area contributed by atoms with Gasteiger partial charge in [0, 0.05) is 26.6 Å². The molecule has 8 nitrogen and oxygen atoms in total.